The highest BCUT2D eigenvalue weighted by Crippen LogP contribution is 2.37. The normalized spacial score (nSPS) is 14.3. The molecular formula is C21H20N4O3. The number of carbonyl (C=O) groups excluding carboxylic acids is 1. The molecule has 1 aliphatic rings. The number of anilines is 1. The average Bonchev–Trinajstić information content (AvgIpc) is 3.22. The lowest BCUT2D eigenvalue weighted by Crippen LogP contribution is -2.31. The lowest BCUT2D eigenvalue weighted by atomic mass is 9.95. The summed E-state index contributed by atoms with van der Waals surface area (Å²) in [5.74, 6) is -0.531. The molecule has 1 atom stereocenters. The van der Waals surface area contributed by atoms with Crippen molar-refractivity contribution in [2.24, 2.45) is 5.92 Å². The first-order valence-electron chi connectivity index (χ1n) is 8.99. The number of nitrogens with zero attached hydrogens (tertiary/aromatic N) is 3. The van der Waals surface area contributed by atoms with Crippen LogP contribution < -0.4 is 5.73 Å². The lowest BCUT2D eigenvalue weighted by molar-refractivity contribution is 0.0732. The Morgan fingerprint density at radius 3 is 2.96 bits per heavy atom. The summed E-state index contributed by atoms with van der Waals surface area (Å²) < 4.78 is 10.4. The molecule has 28 heavy (non-hydrogen) atoms. The number of benzene rings is 2. The zero-order valence-electron chi connectivity index (χ0n) is 15.7. The van der Waals surface area contributed by atoms with Gasteiger partial charge in [-0.2, -0.15) is 5.26 Å². The number of amides is 1. The molecule has 0 fully saturated rings. The first kappa shape index (κ1) is 18.0. The van der Waals surface area contributed by atoms with Crippen LogP contribution in [0.25, 0.3) is 22.1 Å². The molecule has 1 aromatic heterocycles. The highest BCUT2D eigenvalue weighted by molar-refractivity contribution is 6.05. The molecule has 0 saturated carbocycles. The molecule has 0 saturated heterocycles. The van der Waals surface area contributed by atoms with Crippen molar-refractivity contribution in [3.8, 4) is 17.2 Å². The quantitative estimate of drug-likeness (QED) is 0.686. The van der Waals surface area contributed by atoms with Crippen molar-refractivity contribution in [2.75, 3.05) is 26.0 Å². The highest BCUT2D eigenvalue weighted by Gasteiger charge is 2.33. The molecule has 2 aromatic carbocycles. The van der Waals surface area contributed by atoms with E-state index in [0.29, 0.717) is 24.3 Å². The van der Waals surface area contributed by atoms with E-state index in [1.54, 1.807) is 18.1 Å². The number of ether oxygens (including phenoxy) is 1. The second-order valence-corrected chi connectivity index (χ2v) is 7.00. The molecule has 1 amide bonds. The van der Waals surface area contributed by atoms with E-state index in [-0.39, 0.29) is 18.4 Å². The molecule has 0 radical (unpaired) electrons. The van der Waals surface area contributed by atoms with E-state index < -0.39 is 0 Å². The van der Waals surface area contributed by atoms with Crippen LogP contribution >= 0.6 is 0 Å². The highest BCUT2D eigenvalue weighted by atomic mass is 16.5. The van der Waals surface area contributed by atoms with Gasteiger partial charge in [-0.3, -0.25) is 4.79 Å². The van der Waals surface area contributed by atoms with Gasteiger partial charge in [0.15, 0.2) is 5.58 Å². The van der Waals surface area contributed by atoms with Gasteiger partial charge in [0, 0.05) is 31.3 Å². The van der Waals surface area contributed by atoms with Gasteiger partial charge in [0.2, 0.25) is 0 Å². The third kappa shape index (κ3) is 2.88. The van der Waals surface area contributed by atoms with E-state index >= 15 is 0 Å². The first-order chi connectivity index (χ1) is 13.5. The standard InChI is InChI=1S/C21H20N4O3/c1-12-16-7-14(3-6-19(16)28-24-12)15-4-5-18(23)20-17(15)10-25(21(20)26)9-13(8-22)11-27-2/h3-7,13H,9-11,23H2,1-2H3. The van der Waals surface area contributed by atoms with Gasteiger partial charge in [-0.15, -0.1) is 0 Å². The molecular weight excluding hydrogens is 356 g/mol. The molecule has 1 aliphatic heterocycles. The zero-order chi connectivity index (χ0) is 19.8. The number of rotatable bonds is 5. The Kier molecular flexibility index (Phi) is 4.49. The first-order valence-corrected chi connectivity index (χ1v) is 8.99. The Hall–Kier alpha value is -3.37. The second kappa shape index (κ2) is 6.98. The Balaban J connectivity index is 1.75. The van der Waals surface area contributed by atoms with Crippen molar-refractivity contribution in [3.05, 3.63) is 47.2 Å². The summed E-state index contributed by atoms with van der Waals surface area (Å²) in [5, 5.41) is 14.2. The minimum atomic E-state index is -0.385. The third-order valence-corrected chi connectivity index (χ3v) is 5.15. The largest absolute Gasteiger partial charge is 0.398 e. The number of nitriles is 1. The van der Waals surface area contributed by atoms with Gasteiger partial charge in [-0.1, -0.05) is 17.3 Å². The molecule has 4 rings (SSSR count). The van der Waals surface area contributed by atoms with Gasteiger partial charge in [-0.05, 0) is 41.8 Å². The van der Waals surface area contributed by atoms with Crippen LogP contribution in [0, 0.1) is 24.2 Å². The van der Waals surface area contributed by atoms with Crippen molar-refractivity contribution >= 4 is 22.6 Å². The van der Waals surface area contributed by atoms with Crippen molar-refractivity contribution in [2.45, 2.75) is 13.5 Å². The maximum Gasteiger partial charge on any atom is 0.256 e. The smallest absolute Gasteiger partial charge is 0.256 e. The maximum atomic E-state index is 13.0. The summed E-state index contributed by atoms with van der Waals surface area (Å²) in [7, 11) is 1.55. The van der Waals surface area contributed by atoms with Crippen LogP contribution in [0.5, 0.6) is 0 Å². The molecule has 7 heteroatoms. The third-order valence-electron chi connectivity index (χ3n) is 5.15. The van der Waals surface area contributed by atoms with Crippen LogP contribution in [0.15, 0.2) is 34.9 Å². The number of carbonyl (C=O) groups is 1. The fraction of sp³-hybridized carbons (Fsp3) is 0.286. The average molecular weight is 376 g/mol. The SMILES string of the molecule is COCC(C#N)CN1Cc2c(-c3ccc4onc(C)c4c3)ccc(N)c2C1=O. The summed E-state index contributed by atoms with van der Waals surface area (Å²) in [4.78, 5) is 14.6. The molecule has 0 spiro atoms. The summed E-state index contributed by atoms with van der Waals surface area (Å²) >= 11 is 0. The van der Waals surface area contributed by atoms with Crippen LogP contribution in [-0.2, 0) is 11.3 Å². The van der Waals surface area contributed by atoms with Crippen molar-refractivity contribution in [1.29, 1.82) is 5.26 Å². The summed E-state index contributed by atoms with van der Waals surface area (Å²) in [6.45, 7) is 2.89. The van der Waals surface area contributed by atoms with Gasteiger partial charge in [0.05, 0.1) is 29.9 Å². The van der Waals surface area contributed by atoms with Crippen LogP contribution in [0.3, 0.4) is 0 Å². The predicted molar refractivity (Wildman–Crippen MR) is 104 cm³/mol. The number of hydrogen-bond donors (Lipinski definition) is 1. The molecule has 2 heterocycles. The fourth-order valence-electron chi connectivity index (χ4n) is 3.75. The summed E-state index contributed by atoms with van der Waals surface area (Å²) in [6, 6.07) is 11.7. The van der Waals surface area contributed by atoms with E-state index in [9.17, 15) is 10.1 Å². The number of aryl methyl sites for hydroxylation is 1. The predicted octanol–water partition coefficient (Wildman–Crippen LogP) is 3.13. The number of aromatic nitrogens is 1. The number of methoxy groups -OCH3 is 1. The fourth-order valence-corrected chi connectivity index (χ4v) is 3.75. The van der Waals surface area contributed by atoms with Gasteiger partial charge in [0.1, 0.15) is 0 Å². The summed E-state index contributed by atoms with van der Waals surface area (Å²) in [5.41, 5.74) is 11.4. The minimum Gasteiger partial charge on any atom is -0.398 e. The van der Waals surface area contributed by atoms with Crippen molar-refractivity contribution in [3.63, 3.8) is 0 Å². The minimum absolute atomic E-state index is 0.145. The van der Waals surface area contributed by atoms with E-state index in [1.807, 2.05) is 31.2 Å². The topological polar surface area (TPSA) is 105 Å². The van der Waals surface area contributed by atoms with Crippen LogP contribution in [0.2, 0.25) is 0 Å². The van der Waals surface area contributed by atoms with Crippen molar-refractivity contribution in [1.82, 2.24) is 10.1 Å². The van der Waals surface area contributed by atoms with Gasteiger partial charge >= 0.3 is 0 Å². The second-order valence-electron chi connectivity index (χ2n) is 7.00. The van der Waals surface area contributed by atoms with Crippen molar-refractivity contribution < 1.29 is 14.1 Å². The maximum absolute atomic E-state index is 13.0. The number of fused-ring (bicyclic) bond motifs is 2. The Bertz CT molecular complexity index is 1110. The monoisotopic (exact) mass is 376 g/mol. The number of nitrogen functional groups attached to an aromatic ring is 1. The summed E-state index contributed by atoms with van der Waals surface area (Å²) in [6.07, 6.45) is 0. The van der Waals surface area contributed by atoms with Gasteiger partial charge in [-0.25, -0.2) is 0 Å². The Labute approximate surface area is 162 Å². The molecule has 142 valence electrons. The molecule has 7 nitrogen and oxygen atoms in total. The van der Waals surface area contributed by atoms with Gasteiger partial charge in [0.25, 0.3) is 5.91 Å². The van der Waals surface area contributed by atoms with E-state index in [4.69, 9.17) is 15.0 Å². The molecule has 1 unspecified atom stereocenters. The molecule has 2 N–H and O–H groups in total. The van der Waals surface area contributed by atoms with Crippen LogP contribution in [-0.4, -0.2) is 36.2 Å². The molecule has 3 aromatic rings. The number of hydrogen-bond acceptors (Lipinski definition) is 6. The molecule has 0 aliphatic carbocycles. The Morgan fingerprint density at radius 1 is 1.39 bits per heavy atom. The van der Waals surface area contributed by atoms with Gasteiger partial charge < -0.3 is 19.9 Å². The Morgan fingerprint density at radius 2 is 2.21 bits per heavy atom. The van der Waals surface area contributed by atoms with E-state index in [2.05, 4.69) is 11.2 Å². The molecule has 0 bridgehead atoms. The van der Waals surface area contributed by atoms with Crippen LogP contribution in [0.1, 0.15) is 21.6 Å². The zero-order valence-corrected chi connectivity index (χ0v) is 15.7. The van der Waals surface area contributed by atoms with Crippen LogP contribution in [0.4, 0.5) is 5.69 Å². The van der Waals surface area contributed by atoms with E-state index in [1.165, 1.54) is 0 Å². The van der Waals surface area contributed by atoms with E-state index in [0.717, 1.165) is 33.4 Å². The lowest BCUT2D eigenvalue weighted by Gasteiger charge is -2.18. The number of nitrogens with two attached hydrogens (primary N) is 1.